The molecule has 5 rings (SSSR count). The number of pyridine rings is 1. The van der Waals surface area contributed by atoms with Crippen molar-refractivity contribution >= 4 is 29.1 Å². The van der Waals surface area contributed by atoms with Crippen molar-refractivity contribution in [3.63, 3.8) is 0 Å². The molecule has 2 heterocycles. The highest BCUT2D eigenvalue weighted by Gasteiger charge is 2.29. The number of aromatic nitrogens is 1. The average molecular weight is 489 g/mol. The zero-order valence-corrected chi connectivity index (χ0v) is 20.5. The number of carbonyl (C=O) groups is 2. The number of anilines is 1. The normalized spacial score (nSPS) is 17.7. The van der Waals surface area contributed by atoms with E-state index in [-0.39, 0.29) is 23.9 Å². The molecular weight excluding hydrogens is 460 g/mol. The minimum absolute atomic E-state index is 0.0261. The number of carbonyl (C=O) groups excluding carboxylic acids is 2. The van der Waals surface area contributed by atoms with Gasteiger partial charge in [0.25, 0.3) is 11.8 Å². The van der Waals surface area contributed by atoms with E-state index in [0.29, 0.717) is 16.1 Å². The maximum Gasteiger partial charge on any atom is 0.253 e. The number of aryl methyl sites for hydroxylation is 1. The Kier molecular flexibility index (Phi) is 6.73. The lowest BCUT2D eigenvalue weighted by Gasteiger charge is -2.38. The molecule has 1 aliphatic heterocycles. The molecule has 0 radical (unpaired) electrons. The molecule has 2 aromatic carbocycles. The smallest absolute Gasteiger partial charge is 0.253 e. The van der Waals surface area contributed by atoms with Crippen molar-refractivity contribution in [2.75, 3.05) is 25.0 Å². The van der Waals surface area contributed by atoms with E-state index < -0.39 is 0 Å². The second-order valence-electron chi connectivity index (χ2n) is 9.30. The van der Waals surface area contributed by atoms with Crippen LogP contribution in [0.3, 0.4) is 0 Å². The first kappa shape index (κ1) is 23.4. The number of benzene rings is 2. The molecule has 1 aliphatic carbocycles. The number of hydrogen-bond acceptors (Lipinski definition) is 4. The van der Waals surface area contributed by atoms with Gasteiger partial charge in [-0.2, -0.15) is 0 Å². The number of fused-ring (bicyclic) bond motifs is 1. The largest absolute Gasteiger partial charge is 0.371 e. The maximum absolute atomic E-state index is 13.4. The molecule has 0 spiro atoms. The molecule has 3 aromatic rings. The van der Waals surface area contributed by atoms with Gasteiger partial charge in [0, 0.05) is 49.8 Å². The van der Waals surface area contributed by atoms with Crippen LogP contribution in [0.2, 0.25) is 5.02 Å². The first-order chi connectivity index (χ1) is 17.0. The van der Waals surface area contributed by atoms with Crippen LogP contribution < -0.4 is 10.2 Å². The Morgan fingerprint density at radius 3 is 2.51 bits per heavy atom. The van der Waals surface area contributed by atoms with Crippen molar-refractivity contribution < 1.29 is 9.59 Å². The highest BCUT2D eigenvalue weighted by molar-refractivity contribution is 6.33. The molecular formula is C28H29ClN4O2. The Morgan fingerprint density at radius 2 is 1.77 bits per heavy atom. The number of nitrogens with one attached hydrogen (secondary N) is 1. The summed E-state index contributed by atoms with van der Waals surface area (Å²) in [6.45, 7) is 1.82. The number of piperidine rings is 1. The summed E-state index contributed by atoms with van der Waals surface area (Å²) in [6, 6.07) is 17.1. The summed E-state index contributed by atoms with van der Waals surface area (Å²) in [5.41, 5.74) is 4.52. The van der Waals surface area contributed by atoms with Gasteiger partial charge in [0.05, 0.1) is 16.6 Å². The number of amides is 2. The van der Waals surface area contributed by atoms with Gasteiger partial charge in [-0.3, -0.25) is 14.6 Å². The summed E-state index contributed by atoms with van der Waals surface area (Å²) in [7, 11) is 1.90. The van der Waals surface area contributed by atoms with E-state index in [1.165, 1.54) is 11.3 Å². The van der Waals surface area contributed by atoms with Crippen molar-refractivity contribution in [1.29, 1.82) is 0 Å². The Bertz CT molecular complexity index is 1220. The molecule has 1 N–H and O–H groups in total. The summed E-state index contributed by atoms with van der Waals surface area (Å²) < 4.78 is 0. The summed E-state index contributed by atoms with van der Waals surface area (Å²) >= 11 is 6.21. The fraction of sp³-hybridized carbons (Fsp3) is 0.321. The van der Waals surface area contributed by atoms with Crippen LogP contribution in [0, 0.1) is 0 Å². The van der Waals surface area contributed by atoms with Crippen molar-refractivity contribution in [2.24, 2.45) is 0 Å². The fourth-order valence-corrected chi connectivity index (χ4v) is 5.42. The lowest BCUT2D eigenvalue weighted by atomic mass is 10.00. The highest BCUT2D eigenvalue weighted by Crippen LogP contribution is 2.33. The molecule has 1 aromatic heterocycles. The number of hydrogen-bond donors (Lipinski definition) is 1. The predicted octanol–water partition coefficient (Wildman–Crippen LogP) is 4.89. The minimum atomic E-state index is -0.191. The van der Waals surface area contributed by atoms with Crippen LogP contribution in [-0.4, -0.2) is 47.9 Å². The van der Waals surface area contributed by atoms with Gasteiger partial charge in [-0.15, -0.1) is 0 Å². The molecule has 35 heavy (non-hydrogen) atoms. The third-order valence-electron chi connectivity index (χ3n) is 7.25. The quantitative estimate of drug-likeness (QED) is 0.555. The molecule has 1 fully saturated rings. The number of halogens is 1. The van der Waals surface area contributed by atoms with Crippen molar-refractivity contribution in [3.05, 3.63) is 94.3 Å². The van der Waals surface area contributed by atoms with E-state index in [2.05, 4.69) is 15.2 Å². The van der Waals surface area contributed by atoms with E-state index in [9.17, 15) is 9.59 Å². The van der Waals surface area contributed by atoms with Gasteiger partial charge < -0.3 is 15.1 Å². The lowest BCUT2D eigenvalue weighted by molar-refractivity contribution is 0.0709. The SMILES string of the molecule is CN(C(=O)c1ccc2c(c1)[C@@H](NC(=O)c1ccccc1Cl)CC2)C1CCN(c2ccncc2)CC1. The fourth-order valence-electron chi connectivity index (χ4n) is 5.20. The summed E-state index contributed by atoms with van der Waals surface area (Å²) in [5, 5.41) is 3.55. The molecule has 2 aliphatic rings. The van der Waals surface area contributed by atoms with Crippen LogP contribution in [0.5, 0.6) is 0 Å². The van der Waals surface area contributed by atoms with E-state index in [4.69, 9.17) is 11.6 Å². The summed E-state index contributed by atoms with van der Waals surface area (Å²) in [4.78, 5) is 34.5. The zero-order chi connectivity index (χ0) is 24.4. The van der Waals surface area contributed by atoms with Crippen LogP contribution in [0.1, 0.15) is 57.1 Å². The van der Waals surface area contributed by atoms with Gasteiger partial charge in [0.1, 0.15) is 0 Å². The van der Waals surface area contributed by atoms with Crippen molar-refractivity contribution in [3.8, 4) is 0 Å². The van der Waals surface area contributed by atoms with Gasteiger partial charge in [-0.05, 0) is 73.2 Å². The van der Waals surface area contributed by atoms with Crippen LogP contribution in [-0.2, 0) is 6.42 Å². The van der Waals surface area contributed by atoms with Gasteiger partial charge >= 0.3 is 0 Å². The predicted molar refractivity (Wildman–Crippen MR) is 138 cm³/mol. The van der Waals surface area contributed by atoms with Gasteiger partial charge in [0.15, 0.2) is 0 Å². The van der Waals surface area contributed by atoms with Crippen LogP contribution >= 0.6 is 11.6 Å². The third kappa shape index (κ3) is 4.89. The number of nitrogens with zero attached hydrogens (tertiary/aromatic N) is 3. The molecule has 2 amide bonds. The molecule has 0 saturated carbocycles. The van der Waals surface area contributed by atoms with E-state index in [1.807, 2.05) is 54.7 Å². The van der Waals surface area contributed by atoms with Gasteiger partial charge in [-0.25, -0.2) is 0 Å². The first-order valence-electron chi connectivity index (χ1n) is 12.1. The molecule has 180 valence electrons. The Hall–Kier alpha value is -3.38. The molecule has 0 unspecified atom stereocenters. The van der Waals surface area contributed by atoms with E-state index >= 15 is 0 Å². The maximum atomic E-state index is 13.4. The van der Waals surface area contributed by atoms with Crippen LogP contribution in [0.15, 0.2) is 67.0 Å². The first-order valence-corrected chi connectivity index (χ1v) is 12.5. The summed E-state index contributed by atoms with van der Waals surface area (Å²) in [5.74, 6) is -0.165. The minimum Gasteiger partial charge on any atom is -0.371 e. The molecule has 7 heteroatoms. The van der Waals surface area contributed by atoms with Crippen LogP contribution in [0.25, 0.3) is 0 Å². The standard InChI is InChI=1S/C28H29ClN4O2/c1-32(21-12-16-33(17-13-21)22-10-14-30-15-11-22)28(35)20-7-6-19-8-9-26(24(19)18-20)31-27(34)23-4-2-3-5-25(23)29/h2-7,10-11,14-15,18,21,26H,8-9,12-13,16-17H2,1H3,(H,31,34)/t26-/m0/s1. The van der Waals surface area contributed by atoms with E-state index in [0.717, 1.165) is 44.3 Å². The van der Waals surface area contributed by atoms with Crippen molar-refractivity contribution in [2.45, 2.75) is 37.8 Å². The Balaban J connectivity index is 1.25. The van der Waals surface area contributed by atoms with Crippen molar-refractivity contribution in [1.82, 2.24) is 15.2 Å². The Labute approximate surface area is 210 Å². The monoisotopic (exact) mass is 488 g/mol. The number of rotatable bonds is 5. The molecule has 0 bridgehead atoms. The van der Waals surface area contributed by atoms with E-state index in [1.54, 1.807) is 24.3 Å². The topological polar surface area (TPSA) is 65.5 Å². The summed E-state index contributed by atoms with van der Waals surface area (Å²) in [6.07, 6.45) is 7.16. The van der Waals surface area contributed by atoms with Crippen LogP contribution in [0.4, 0.5) is 5.69 Å². The molecule has 6 nitrogen and oxygen atoms in total. The lowest BCUT2D eigenvalue weighted by Crippen LogP contribution is -2.45. The Morgan fingerprint density at radius 1 is 1.03 bits per heavy atom. The van der Waals surface area contributed by atoms with Gasteiger partial charge in [-0.1, -0.05) is 29.8 Å². The average Bonchev–Trinajstić information content (AvgIpc) is 3.30. The zero-order valence-electron chi connectivity index (χ0n) is 19.8. The molecule has 1 atom stereocenters. The second-order valence-corrected chi connectivity index (χ2v) is 9.71. The van der Waals surface area contributed by atoms with Gasteiger partial charge in [0.2, 0.25) is 0 Å². The molecule has 1 saturated heterocycles. The second kappa shape index (κ2) is 10.1. The third-order valence-corrected chi connectivity index (χ3v) is 7.58. The highest BCUT2D eigenvalue weighted by atomic mass is 35.5.